The van der Waals surface area contributed by atoms with Gasteiger partial charge in [0.05, 0.1) is 19.3 Å². The van der Waals surface area contributed by atoms with E-state index < -0.39 is 5.97 Å². The van der Waals surface area contributed by atoms with Gasteiger partial charge in [0.2, 0.25) is 0 Å². The molecule has 100 valence electrons. The molecule has 2 aromatic rings. The number of esters is 1. The van der Waals surface area contributed by atoms with Crippen LogP contribution in [0.15, 0.2) is 18.3 Å². The smallest absolute Gasteiger partial charge is 0.351 e. The molecule has 0 fully saturated rings. The van der Waals surface area contributed by atoms with Gasteiger partial charge in [0.15, 0.2) is 15.2 Å². The minimum atomic E-state index is -0.482. The summed E-state index contributed by atoms with van der Waals surface area (Å²) in [6.45, 7) is 2.51. The van der Waals surface area contributed by atoms with Crippen LogP contribution in [0, 0.1) is 6.92 Å². The molecule has 0 aliphatic carbocycles. The lowest BCUT2D eigenvalue weighted by molar-refractivity contribution is 0.0606. The highest BCUT2D eigenvalue weighted by Gasteiger charge is 2.17. The van der Waals surface area contributed by atoms with Crippen molar-refractivity contribution in [3.63, 3.8) is 0 Å². The highest BCUT2D eigenvalue weighted by atomic mass is 35.5. The number of ether oxygens (including phenoxy) is 1. The second-order valence-electron chi connectivity index (χ2n) is 3.75. The van der Waals surface area contributed by atoms with Crippen LogP contribution in [-0.4, -0.2) is 23.0 Å². The lowest BCUT2D eigenvalue weighted by Crippen LogP contribution is -2.02. The summed E-state index contributed by atoms with van der Waals surface area (Å²) in [7, 11) is 1.31. The molecule has 0 spiro atoms. The van der Waals surface area contributed by atoms with E-state index >= 15 is 0 Å². The Hall–Kier alpha value is -1.66. The van der Waals surface area contributed by atoms with Crippen LogP contribution in [0.3, 0.4) is 0 Å². The molecule has 0 saturated carbocycles. The molecule has 7 heteroatoms. The van der Waals surface area contributed by atoms with Crippen LogP contribution in [0.1, 0.15) is 20.9 Å². The number of hydrogen-bond acceptors (Lipinski definition) is 6. The minimum Gasteiger partial charge on any atom is -0.465 e. The van der Waals surface area contributed by atoms with E-state index in [4.69, 9.17) is 11.6 Å². The number of halogens is 1. The molecule has 2 heterocycles. The zero-order valence-electron chi connectivity index (χ0n) is 10.4. The molecular weight excluding hydrogens is 286 g/mol. The maximum Gasteiger partial charge on any atom is 0.351 e. The number of methoxy groups -OCH3 is 1. The topological polar surface area (TPSA) is 64.1 Å². The summed E-state index contributed by atoms with van der Waals surface area (Å²) in [6, 6.07) is 3.87. The van der Waals surface area contributed by atoms with Crippen LogP contribution in [0.4, 0.5) is 5.13 Å². The maximum absolute atomic E-state index is 11.4. The van der Waals surface area contributed by atoms with Crippen molar-refractivity contribution >= 4 is 34.0 Å². The first-order chi connectivity index (χ1) is 9.11. The van der Waals surface area contributed by atoms with Crippen molar-refractivity contribution in [2.75, 3.05) is 12.4 Å². The average molecular weight is 298 g/mol. The van der Waals surface area contributed by atoms with Gasteiger partial charge < -0.3 is 10.1 Å². The summed E-state index contributed by atoms with van der Waals surface area (Å²) in [5.41, 5.74) is 2.01. The maximum atomic E-state index is 11.4. The van der Waals surface area contributed by atoms with Gasteiger partial charge in [-0.05, 0) is 18.6 Å². The van der Waals surface area contributed by atoms with Crippen LogP contribution >= 0.6 is 22.9 Å². The van der Waals surface area contributed by atoms with Crippen molar-refractivity contribution in [1.82, 2.24) is 9.97 Å². The number of hydrogen-bond donors (Lipinski definition) is 1. The second kappa shape index (κ2) is 5.99. The van der Waals surface area contributed by atoms with E-state index in [1.807, 2.05) is 19.1 Å². The van der Waals surface area contributed by atoms with E-state index in [0.29, 0.717) is 16.6 Å². The minimum absolute atomic E-state index is 0.150. The monoisotopic (exact) mass is 297 g/mol. The van der Waals surface area contributed by atoms with Gasteiger partial charge in [-0.25, -0.2) is 9.78 Å². The Morgan fingerprint density at radius 2 is 2.37 bits per heavy atom. The Labute approximate surface area is 119 Å². The number of pyridine rings is 1. The summed E-state index contributed by atoms with van der Waals surface area (Å²) in [5, 5.41) is 3.81. The molecule has 19 heavy (non-hydrogen) atoms. The highest BCUT2D eigenvalue weighted by Crippen LogP contribution is 2.27. The van der Waals surface area contributed by atoms with Gasteiger partial charge in [-0.1, -0.05) is 29.0 Å². The number of thiazole rings is 1. The number of carbonyl (C=O) groups is 1. The zero-order chi connectivity index (χ0) is 13.8. The second-order valence-corrected chi connectivity index (χ2v) is 5.11. The number of nitrogens with zero attached hydrogens (tertiary/aromatic N) is 2. The normalized spacial score (nSPS) is 10.3. The van der Waals surface area contributed by atoms with Crippen molar-refractivity contribution in [2.45, 2.75) is 13.5 Å². The van der Waals surface area contributed by atoms with Crippen LogP contribution in [0.2, 0.25) is 5.15 Å². The Kier molecular flexibility index (Phi) is 4.34. The fourth-order valence-corrected chi connectivity index (χ4v) is 2.56. The zero-order valence-corrected chi connectivity index (χ0v) is 12.0. The molecule has 0 aliphatic heterocycles. The van der Waals surface area contributed by atoms with Crippen LogP contribution in [-0.2, 0) is 11.3 Å². The summed E-state index contributed by atoms with van der Waals surface area (Å²) in [5.74, 6) is -0.482. The number of carbonyl (C=O) groups excluding carboxylic acids is 1. The predicted molar refractivity (Wildman–Crippen MR) is 74.8 cm³/mol. The van der Waals surface area contributed by atoms with E-state index in [-0.39, 0.29) is 5.15 Å². The molecule has 0 aromatic carbocycles. The molecule has 0 bridgehead atoms. The standard InChI is InChI=1S/C12H12ClN3O2S/c1-7-4-3-5-14-8(7)6-15-12-16-10(13)9(19-12)11(17)18-2/h3-5H,6H2,1-2H3,(H,15,16). The molecule has 2 rings (SSSR count). The average Bonchev–Trinajstić information content (AvgIpc) is 2.78. The van der Waals surface area contributed by atoms with Crippen molar-refractivity contribution in [2.24, 2.45) is 0 Å². The molecule has 0 aliphatic rings. The molecular formula is C12H12ClN3O2S. The third kappa shape index (κ3) is 3.21. The number of rotatable bonds is 4. The van der Waals surface area contributed by atoms with Crippen LogP contribution < -0.4 is 5.32 Å². The van der Waals surface area contributed by atoms with E-state index in [1.165, 1.54) is 7.11 Å². The molecule has 0 atom stereocenters. The van der Waals surface area contributed by atoms with Gasteiger partial charge in [0.25, 0.3) is 0 Å². The summed E-state index contributed by atoms with van der Waals surface area (Å²) in [4.78, 5) is 20.0. The third-order valence-electron chi connectivity index (χ3n) is 2.48. The van der Waals surface area contributed by atoms with E-state index in [2.05, 4.69) is 20.0 Å². The SMILES string of the molecule is COC(=O)c1sc(NCc2ncccc2C)nc1Cl. The lowest BCUT2D eigenvalue weighted by atomic mass is 10.2. The number of anilines is 1. The van der Waals surface area contributed by atoms with Gasteiger partial charge in [-0.3, -0.25) is 4.98 Å². The van der Waals surface area contributed by atoms with Crippen molar-refractivity contribution in [3.8, 4) is 0 Å². The summed E-state index contributed by atoms with van der Waals surface area (Å²) in [6.07, 6.45) is 1.73. The molecule has 2 aromatic heterocycles. The first-order valence-corrected chi connectivity index (χ1v) is 6.70. The van der Waals surface area contributed by atoms with Gasteiger partial charge in [-0.2, -0.15) is 0 Å². The predicted octanol–water partition coefficient (Wildman–Crippen LogP) is 2.90. The first-order valence-electron chi connectivity index (χ1n) is 5.51. The van der Waals surface area contributed by atoms with Crippen LogP contribution in [0.5, 0.6) is 0 Å². The molecule has 0 radical (unpaired) electrons. The largest absolute Gasteiger partial charge is 0.465 e. The fourth-order valence-electron chi connectivity index (χ4n) is 1.46. The van der Waals surface area contributed by atoms with Gasteiger partial charge in [0.1, 0.15) is 0 Å². The Morgan fingerprint density at radius 3 is 3.05 bits per heavy atom. The molecule has 1 N–H and O–H groups in total. The van der Waals surface area contributed by atoms with Gasteiger partial charge >= 0.3 is 5.97 Å². The summed E-state index contributed by atoms with van der Waals surface area (Å²) < 4.78 is 4.62. The van der Waals surface area contributed by atoms with Crippen molar-refractivity contribution in [1.29, 1.82) is 0 Å². The number of nitrogens with one attached hydrogen (secondary N) is 1. The first kappa shape index (κ1) is 13.8. The van der Waals surface area contributed by atoms with E-state index in [9.17, 15) is 4.79 Å². The van der Waals surface area contributed by atoms with E-state index in [1.54, 1.807) is 6.20 Å². The van der Waals surface area contributed by atoms with E-state index in [0.717, 1.165) is 22.6 Å². The molecule has 5 nitrogen and oxygen atoms in total. The Morgan fingerprint density at radius 1 is 1.58 bits per heavy atom. The van der Waals surface area contributed by atoms with Crippen molar-refractivity contribution in [3.05, 3.63) is 39.6 Å². The molecule has 0 unspecified atom stereocenters. The highest BCUT2D eigenvalue weighted by molar-refractivity contribution is 7.18. The molecule has 0 saturated heterocycles. The van der Waals surface area contributed by atoms with Gasteiger partial charge in [-0.15, -0.1) is 0 Å². The van der Waals surface area contributed by atoms with Crippen molar-refractivity contribution < 1.29 is 9.53 Å². The van der Waals surface area contributed by atoms with Gasteiger partial charge in [0, 0.05) is 6.20 Å². The molecule has 0 amide bonds. The van der Waals surface area contributed by atoms with Crippen LogP contribution in [0.25, 0.3) is 0 Å². The summed E-state index contributed by atoms with van der Waals surface area (Å²) >= 11 is 7.04. The number of aromatic nitrogens is 2. The quantitative estimate of drug-likeness (QED) is 0.879. The fraction of sp³-hybridized carbons (Fsp3) is 0.250. The Balaban J connectivity index is 2.09. The third-order valence-corrected chi connectivity index (χ3v) is 3.86. The lowest BCUT2D eigenvalue weighted by Gasteiger charge is -2.04. The number of aryl methyl sites for hydroxylation is 1. The Bertz CT molecular complexity index is 600.